The van der Waals surface area contributed by atoms with Crippen LogP contribution >= 0.6 is 0 Å². The Hall–Kier alpha value is -1.79. The second-order valence-corrected chi connectivity index (χ2v) is 3.12. The van der Waals surface area contributed by atoms with Crippen LogP contribution in [0.3, 0.4) is 0 Å². The van der Waals surface area contributed by atoms with Gasteiger partial charge >= 0.3 is 18.0 Å². The maximum Gasteiger partial charge on any atom is 0.407 e. The van der Waals surface area contributed by atoms with E-state index in [9.17, 15) is 14.4 Å². The highest BCUT2D eigenvalue weighted by Crippen LogP contribution is 1.95. The molecule has 7 nitrogen and oxygen atoms in total. The van der Waals surface area contributed by atoms with Gasteiger partial charge in [-0.1, -0.05) is 13.3 Å². The molecule has 0 rings (SSSR count). The third-order valence-electron chi connectivity index (χ3n) is 1.70. The second kappa shape index (κ2) is 7.49. The molecule has 0 bridgehead atoms. The Labute approximate surface area is 92.4 Å². The molecule has 0 heterocycles. The highest BCUT2D eigenvalue weighted by atomic mass is 16.5. The third-order valence-corrected chi connectivity index (χ3v) is 1.70. The van der Waals surface area contributed by atoms with Crippen LogP contribution in [0.15, 0.2) is 0 Å². The van der Waals surface area contributed by atoms with Crippen molar-refractivity contribution in [3.8, 4) is 0 Å². The van der Waals surface area contributed by atoms with E-state index in [4.69, 9.17) is 10.2 Å². The number of unbranched alkanes of at least 4 members (excludes halogenated alkanes) is 1. The van der Waals surface area contributed by atoms with E-state index in [0.29, 0.717) is 6.42 Å². The SMILES string of the molecule is CCCCOC(=O)N[C@H](CC(=O)O)C(=O)O. The Kier molecular flexibility index (Phi) is 6.66. The molecule has 0 radical (unpaired) electrons. The van der Waals surface area contributed by atoms with Crippen molar-refractivity contribution in [2.75, 3.05) is 6.61 Å². The van der Waals surface area contributed by atoms with E-state index >= 15 is 0 Å². The molecule has 92 valence electrons. The van der Waals surface area contributed by atoms with Gasteiger partial charge in [-0.25, -0.2) is 9.59 Å². The molecule has 0 unspecified atom stereocenters. The molecular formula is C9H15NO6. The van der Waals surface area contributed by atoms with Crippen LogP contribution in [0.1, 0.15) is 26.2 Å². The molecular weight excluding hydrogens is 218 g/mol. The summed E-state index contributed by atoms with van der Waals surface area (Å²) >= 11 is 0. The van der Waals surface area contributed by atoms with Crippen molar-refractivity contribution in [1.82, 2.24) is 5.32 Å². The molecule has 7 heteroatoms. The standard InChI is InChI=1S/C9H15NO6/c1-2-3-4-16-9(15)10-6(8(13)14)5-7(11)12/h6H,2-5H2,1H3,(H,10,15)(H,11,12)(H,13,14)/t6-/m1/s1. The van der Waals surface area contributed by atoms with Crippen molar-refractivity contribution in [2.45, 2.75) is 32.2 Å². The molecule has 1 amide bonds. The molecule has 0 aliphatic carbocycles. The maximum absolute atomic E-state index is 11.0. The van der Waals surface area contributed by atoms with Crippen LogP contribution in [0.5, 0.6) is 0 Å². The van der Waals surface area contributed by atoms with Crippen molar-refractivity contribution in [3.05, 3.63) is 0 Å². The van der Waals surface area contributed by atoms with Crippen molar-refractivity contribution < 1.29 is 29.3 Å². The van der Waals surface area contributed by atoms with Gasteiger partial charge in [0.2, 0.25) is 0 Å². The molecule has 0 fully saturated rings. The van der Waals surface area contributed by atoms with Crippen LogP contribution in [0.4, 0.5) is 4.79 Å². The highest BCUT2D eigenvalue weighted by Gasteiger charge is 2.23. The minimum Gasteiger partial charge on any atom is -0.481 e. The minimum atomic E-state index is -1.47. The first-order valence-corrected chi connectivity index (χ1v) is 4.85. The highest BCUT2D eigenvalue weighted by molar-refractivity contribution is 5.84. The summed E-state index contributed by atoms with van der Waals surface area (Å²) in [6, 6.07) is -1.47. The fourth-order valence-electron chi connectivity index (χ4n) is 0.868. The summed E-state index contributed by atoms with van der Waals surface area (Å²) in [7, 11) is 0. The molecule has 3 N–H and O–H groups in total. The van der Waals surface area contributed by atoms with E-state index in [0.717, 1.165) is 6.42 Å². The molecule has 1 atom stereocenters. The quantitative estimate of drug-likeness (QED) is 0.550. The summed E-state index contributed by atoms with van der Waals surface area (Å²) in [5.41, 5.74) is 0. The van der Waals surface area contributed by atoms with E-state index in [1.807, 2.05) is 12.2 Å². The minimum absolute atomic E-state index is 0.182. The summed E-state index contributed by atoms with van der Waals surface area (Å²) in [5.74, 6) is -2.71. The predicted molar refractivity (Wildman–Crippen MR) is 53.1 cm³/mol. The van der Waals surface area contributed by atoms with Gasteiger partial charge in [-0.15, -0.1) is 0 Å². The summed E-state index contributed by atoms with van der Waals surface area (Å²) in [5, 5.41) is 19.0. The first kappa shape index (κ1) is 14.2. The average molecular weight is 233 g/mol. The largest absolute Gasteiger partial charge is 0.481 e. The lowest BCUT2D eigenvalue weighted by Crippen LogP contribution is -2.42. The number of aliphatic carboxylic acids is 2. The Balaban J connectivity index is 4.03. The van der Waals surface area contributed by atoms with Crippen LogP contribution in [0, 0.1) is 0 Å². The summed E-state index contributed by atoms with van der Waals surface area (Å²) in [4.78, 5) is 31.9. The number of carbonyl (C=O) groups is 3. The van der Waals surface area contributed by atoms with Crippen LogP contribution in [-0.2, 0) is 14.3 Å². The van der Waals surface area contributed by atoms with Gasteiger partial charge in [0.1, 0.15) is 6.04 Å². The van der Waals surface area contributed by atoms with Crippen molar-refractivity contribution in [2.24, 2.45) is 0 Å². The number of ether oxygens (including phenoxy) is 1. The Morgan fingerprint density at radius 2 is 1.94 bits per heavy atom. The number of carboxylic acid groups (broad SMARTS) is 2. The molecule has 0 saturated carbocycles. The van der Waals surface area contributed by atoms with E-state index in [1.165, 1.54) is 0 Å². The molecule has 0 aliphatic heterocycles. The van der Waals surface area contributed by atoms with Crippen LogP contribution < -0.4 is 5.32 Å². The molecule has 16 heavy (non-hydrogen) atoms. The number of carboxylic acids is 2. The van der Waals surface area contributed by atoms with Crippen molar-refractivity contribution >= 4 is 18.0 Å². The van der Waals surface area contributed by atoms with Gasteiger partial charge in [-0.2, -0.15) is 0 Å². The topological polar surface area (TPSA) is 113 Å². The molecule has 0 aliphatic rings. The zero-order valence-electron chi connectivity index (χ0n) is 8.93. The molecule has 0 aromatic rings. The van der Waals surface area contributed by atoms with Gasteiger partial charge < -0.3 is 20.3 Å². The first-order valence-electron chi connectivity index (χ1n) is 4.85. The van der Waals surface area contributed by atoms with E-state index < -0.39 is 30.5 Å². The lowest BCUT2D eigenvalue weighted by Gasteiger charge is -2.12. The van der Waals surface area contributed by atoms with Crippen LogP contribution in [-0.4, -0.2) is 40.9 Å². The monoisotopic (exact) mass is 233 g/mol. The Morgan fingerprint density at radius 3 is 2.38 bits per heavy atom. The van der Waals surface area contributed by atoms with Gasteiger partial charge in [0.15, 0.2) is 0 Å². The van der Waals surface area contributed by atoms with Crippen molar-refractivity contribution in [3.63, 3.8) is 0 Å². The number of nitrogens with one attached hydrogen (secondary N) is 1. The zero-order chi connectivity index (χ0) is 12.6. The van der Waals surface area contributed by atoms with Gasteiger partial charge in [0, 0.05) is 0 Å². The molecule has 0 aromatic heterocycles. The summed E-state index contributed by atoms with van der Waals surface area (Å²) in [6.07, 6.45) is -0.0883. The van der Waals surface area contributed by atoms with E-state index in [2.05, 4.69) is 4.74 Å². The number of rotatable bonds is 7. The van der Waals surface area contributed by atoms with Gasteiger partial charge in [-0.05, 0) is 6.42 Å². The third kappa shape index (κ3) is 6.63. The average Bonchev–Trinajstić information content (AvgIpc) is 2.16. The first-order chi connectivity index (χ1) is 7.47. The fraction of sp³-hybridized carbons (Fsp3) is 0.667. The Bertz CT molecular complexity index is 265. The normalized spacial score (nSPS) is 11.6. The number of amides is 1. The van der Waals surface area contributed by atoms with Crippen LogP contribution in [0.2, 0.25) is 0 Å². The molecule has 0 saturated heterocycles. The van der Waals surface area contributed by atoms with E-state index in [1.54, 1.807) is 0 Å². The smallest absolute Gasteiger partial charge is 0.407 e. The van der Waals surface area contributed by atoms with E-state index in [-0.39, 0.29) is 6.61 Å². The van der Waals surface area contributed by atoms with Crippen LogP contribution in [0.25, 0.3) is 0 Å². The predicted octanol–water partition coefficient (Wildman–Crippen LogP) is 0.441. The summed E-state index contributed by atoms with van der Waals surface area (Å²) in [6.45, 7) is 2.09. The number of alkyl carbamates (subject to hydrolysis) is 1. The zero-order valence-corrected chi connectivity index (χ0v) is 8.93. The lowest BCUT2D eigenvalue weighted by molar-refractivity contribution is -0.145. The number of hydrogen-bond acceptors (Lipinski definition) is 4. The lowest BCUT2D eigenvalue weighted by atomic mass is 10.2. The molecule has 0 spiro atoms. The fourth-order valence-corrected chi connectivity index (χ4v) is 0.868. The number of carbonyl (C=O) groups excluding carboxylic acids is 1. The summed E-state index contributed by atoms with van der Waals surface area (Å²) < 4.78 is 4.64. The van der Waals surface area contributed by atoms with Gasteiger partial charge in [-0.3, -0.25) is 4.79 Å². The molecule has 0 aromatic carbocycles. The van der Waals surface area contributed by atoms with Crippen molar-refractivity contribution in [1.29, 1.82) is 0 Å². The Morgan fingerprint density at radius 1 is 1.31 bits per heavy atom. The maximum atomic E-state index is 11.0. The van der Waals surface area contributed by atoms with Gasteiger partial charge in [0.25, 0.3) is 0 Å². The number of hydrogen-bond donors (Lipinski definition) is 3. The van der Waals surface area contributed by atoms with Gasteiger partial charge in [0.05, 0.1) is 13.0 Å². The second-order valence-electron chi connectivity index (χ2n) is 3.12.